The van der Waals surface area contributed by atoms with E-state index < -0.39 is 0 Å². The maximum Gasteiger partial charge on any atom is 0.168 e. The van der Waals surface area contributed by atoms with Crippen LogP contribution < -0.4 is 4.74 Å². The van der Waals surface area contributed by atoms with Gasteiger partial charge in [0.2, 0.25) is 0 Å². The number of hydrogen-bond donors (Lipinski definition) is 1. The van der Waals surface area contributed by atoms with E-state index in [2.05, 4.69) is 4.98 Å². The van der Waals surface area contributed by atoms with Gasteiger partial charge in [0.1, 0.15) is 5.75 Å². The third kappa shape index (κ3) is 3.46. The monoisotopic (exact) mass is 306 g/mol. The van der Waals surface area contributed by atoms with Gasteiger partial charge in [0.25, 0.3) is 0 Å². The highest BCUT2D eigenvalue weighted by molar-refractivity contribution is 7.98. The zero-order valence-electron chi connectivity index (χ0n) is 12.3. The fourth-order valence-corrected chi connectivity index (χ4v) is 2.91. The topological polar surface area (TPSA) is 64.3 Å². The van der Waals surface area contributed by atoms with E-state index in [9.17, 15) is 4.79 Å². The Kier molecular flexibility index (Phi) is 5.03. The van der Waals surface area contributed by atoms with Crippen LogP contribution in [0, 0.1) is 0 Å². The molecule has 0 saturated carbocycles. The number of nitrogens with zero attached hydrogens (tertiary/aromatic N) is 2. The SMILES string of the molecule is COc1ccc(C(C)=O)cc1CSc1ncc(CO)n1C. The van der Waals surface area contributed by atoms with Gasteiger partial charge in [-0.3, -0.25) is 4.79 Å². The zero-order valence-corrected chi connectivity index (χ0v) is 13.1. The van der Waals surface area contributed by atoms with E-state index in [-0.39, 0.29) is 12.4 Å². The highest BCUT2D eigenvalue weighted by Crippen LogP contribution is 2.28. The van der Waals surface area contributed by atoms with Gasteiger partial charge < -0.3 is 14.4 Å². The van der Waals surface area contributed by atoms with Crippen LogP contribution in [0.25, 0.3) is 0 Å². The van der Waals surface area contributed by atoms with Gasteiger partial charge in [0.15, 0.2) is 10.9 Å². The Morgan fingerprint density at radius 3 is 2.81 bits per heavy atom. The molecular formula is C15H18N2O3S. The largest absolute Gasteiger partial charge is 0.496 e. The molecule has 0 spiro atoms. The number of aliphatic hydroxyl groups is 1. The molecule has 1 aromatic heterocycles. The van der Waals surface area contributed by atoms with Crippen LogP contribution in [-0.2, 0) is 19.4 Å². The minimum Gasteiger partial charge on any atom is -0.496 e. The fraction of sp³-hybridized carbons (Fsp3) is 0.333. The first-order valence-corrected chi connectivity index (χ1v) is 7.47. The van der Waals surface area contributed by atoms with E-state index in [0.29, 0.717) is 11.3 Å². The summed E-state index contributed by atoms with van der Waals surface area (Å²) in [4.78, 5) is 15.7. The molecule has 1 heterocycles. The van der Waals surface area contributed by atoms with Crippen molar-refractivity contribution in [2.45, 2.75) is 24.4 Å². The van der Waals surface area contributed by atoms with Gasteiger partial charge >= 0.3 is 0 Å². The molecule has 0 atom stereocenters. The number of thioether (sulfide) groups is 1. The summed E-state index contributed by atoms with van der Waals surface area (Å²) in [5.74, 6) is 1.42. The molecule has 0 unspecified atom stereocenters. The van der Waals surface area contributed by atoms with Crippen LogP contribution in [-0.4, -0.2) is 27.6 Å². The van der Waals surface area contributed by atoms with E-state index in [0.717, 1.165) is 22.2 Å². The van der Waals surface area contributed by atoms with Crippen molar-refractivity contribution in [1.29, 1.82) is 0 Å². The molecule has 0 aliphatic carbocycles. The summed E-state index contributed by atoms with van der Waals surface area (Å²) in [5, 5.41) is 9.98. The molecule has 0 aliphatic rings. The van der Waals surface area contributed by atoms with Gasteiger partial charge in [-0.1, -0.05) is 11.8 Å². The zero-order chi connectivity index (χ0) is 15.4. The highest BCUT2D eigenvalue weighted by Gasteiger charge is 2.11. The molecule has 1 N–H and O–H groups in total. The van der Waals surface area contributed by atoms with Gasteiger partial charge in [0, 0.05) is 23.9 Å². The molecule has 6 heteroatoms. The van der Waals surface area contributed by atoms with Gasteiger partial charge in [0.05, 0.1) is 25.6 Å². The fourth-order valence-electron chi connectivity index (χ4n) is 1.96. The first kappa shape index (κ1) is 15.6. The molecule has 1 aromatic carbocycles. The van der Waals surface area contributed by atoms with Crippen LogP contribution >= 0.6 is 11.8 Å². The molecule has 5 nitrogen and oxygen atoms in total. The number of ketones is 1. The Balaban J connectivity index is 2.20. The summed E-state index contributed by atoms with van der Waals surface area (Å²) < 4.78 is 7.19. The van der Waals surface area contributed by atoms with Crippen LogP contribution in [0.3, 0.4) is 0 Å². The van der Waals surface area contributed by atoms with Crippen molar-refractivity contribution in [1.82, 2.24) is 9.55 Å². The lowest BCUT2D eigenvalue weighted by Gasteiger charge is -2.10. The average molecular weight is 306 g/mol. The number of rotatable bonds is 6. The van der Waals surface area contributed by atoms with E-state index in [1.807, 2.05) is 23.7 Å². The van der Waals surface area contributed by atoms with E-state index in [4.69, 9.17) is 9.84 Å². The first-order valence-electron chi connectivity index (χ1n) is 6.49. The summed E-state index contributed by atoms with van der Waals surface area (Å²) in [6, 6.07) is 5.42. The third-order valence-electron chi connectivity index (χ3n) is 3.25. The molecule has 0 radical (unpaired) electrons. The van der Waals surface area contributed by atoms with Crippen molar-refractivity contribution in [3.05, 3.63) is 41.2 Å². The van der Waals surface area contributed by atoms with Gasteiger partial charge in [-0.25, -0.2) is 4.98 Å². The lowest BCUT2D eigenvalue weighted by atomic mass is 10.1. The predicted molar refractivity (Wildman–Crippen MR) is 81.7 cm³/mol. The molecule has 0 bridgehead atoms. The maximum atomic E-state index is 11.5. The number of aliphatic hydroxyl groups excluding tert-OH is 1. The molecule has 0 saturated heterocycles. The Morgan fingerprint density at radius 2 is 2.24 bits per heavy atom. The summed E-state index contributed by atoms with van der Waals surface area (Å²) >= 11 is 1.54. The summed E-state index contributed by atoms with van der Waals surface area (Å²) in [6.45, 7) is 1.51. The van der Waals surface area contributed by atoms with Gasteiger partial charge in [-0.2, -0.15) is 0 Å². The summed E-state index contributed by atoms with van der Waals surface area (Å²) in [5.41, 5.74) is 2.38. The number of methoxy groups -OCH3 is 1. The number of Topliss-reactive ketones (excluding diaryl/α,β-unsaturated/α-hetero) is 1. The standard InChI is InChI=1S/C15H18N2O3S/c1-10(19)11-4-5-14(20-3)12(6-11)9-21-15-16-7-13(8-18)17(15)2/h4-7,18H,8-9H2,1-3H3. The second-order valence-electron chi connectivity index (χ2n) is 4.62. The van der Waals surface area contributed by atoms with Crippen molar-refractivity contribution < 1.29 is 14.6 Å². The Morgan fingerprint density at radius 1 is 1.48 bits per heavy atom. The molecule has 0 aliphatic heterocycles. The van der Waals surface area contributed by atoms with Crippen molar-refractivity contribution >= 4 is 17.5 Å². The Bertz CT molecular complexity index is 652. The lowest BCUT2D eigenvalue weighted by molar-refractivity contribution is 0.101. The quantitative estimate of drug-likeness (QED) is 0.656. The smallest absolute Gasteiger partial charge is 0.168 e. The molecule has 0 fully saturated rings. The third-order valence-corrected chi connectivity index (χ3v) is 4.34. The maximum absolute atomic E-state index is 11.5. The normalized spacial score (nSPS) is 10.7. The van der Waals surface area contributed by atoms with Crippen LogP contribution in [0.15, 0.2) is 29.6 Å². The summed E-state index contributed by atoms with van der Waals surface area (Å²) in [7, 11) is 3.48. The second-order valence-corrected chi connectivity index (χ2v) is 5.56. The van der Waals surface area contributed by atoms with E-state index >= 15 is 0 Å². The molecule has 0 amide bonds. The van der Waals surface area contributed by atoms with Crippen LogP contribution in [0.4, 0.5) is 0 Å². The molecular weight excluding hydrogens is 288 g/mol. The molecule has 2 aromatic rings. The number of carbonyl (C=O) groups excluding carboxylic acids is 1. The number of benzene rings is 1. The number of carbonyl (C=O) groups is 1. The predicted octanol–water partition coefficient (Wildman–Crippen LogP) is 2.42. The molecule has 112 valence electrons. The second kappa shape index (κ2) is 6.78. The van der Waals surface area contributed by atoms with E-state index in [1.165, 1.54) is 11.8 Å². The van der Waals surface area contributed by atoms with Crippen molar-refractivity contribution in [3.63, 3.8) is 0 Å². The Labute approximate surface area is 128 Å². The van der Waals surface area contributed by atoms with Crippen LogP contribution in [0.5, 0.6) is 5.75 Å². The summed E-state index contributed by atoms with van der Waals surface area (Å²) in [6.07, 6.45) is 1.66. The Hall–Kier alpha value is -1.79. The van der Waals surface area contributed by atoms with Gasteiger partial charge in [-0.05, 0) is 25.1 Å². The first-order chi connectivity index (χ1) is 10.1. The van der Waals surface area contributed by atoms with Crippen LogP contribution in [0.1, 0.15) is 28.5 Å². The number of ether oxygens (including phenoxy) is 1. The molecule has 21 heavy (non-hydrogen) atoms. The van der Waals surface area contributed by atoms with Crippen molar-refractivity contribution in [3.8, 4) is 5.75 Å². The number of hydrogen-bond acceptors (Lipinski definition) is 5. The number of aromatic nitrogens is 2. The highest BCUT2D eigenvalue weighted by atomic mass is 32.2. The average Bonchev–Trinajstić information content (AvgIpc) is 2.85. The van der Waals surface area contributed by atoms with Crippen molar-refractivity contribution in [2.24, 2.45) is 7.05 Å². The molecule has 2 rings (SSSR count). The minimum absolute atomic E-state index is 0.0310. The van der Waals surface area contributed by atoms with Gasteiger partial charge in [-0.15, -0.1) is 0 Å². The van der Waals surface area contributed by atoms with Crippen LogP contribution in [0.2, 0.25) is 0 Å². The minimum atomic E-state index is -0.0345. The lowest BCUT2D eigenvalue weighted by Crippen LogP contribution is -1.99. The van der Waals surface area contributed by atoms with E-state index in [1.54, 1.807) is 26.3 Å². The van der Waals surface area contributed by atoms with Crippen molar-refractivity contribution in [2.75, 3.05) is 7.11 Å². The number of imidazole rings is 1.